The molecule has 1 unspecified atom stereocenters. The van der Waals surface area contributed by atoms with Crippen LogP contribution in [0.1, 0.15) is 104 Å². The first-order chi connectivity index (χ1) is 16.5. The van der Waals surface area contributed by atoms with E-state index in [1.165, 1.54) is 51.4 Å². The van der Waals surface area contributed by atoms with E-state index < -0.39 is 18.0 Å². The minimum atomic E-state index is -1.12. The van der Waals surface area contributed by atoms with Gasteiger partial charge in [0.25, 0.3) is 11.8 Å². The SMILES string of the molecule is CCCCCCCCC(CCCCCC)C(=O)NCCOCCOC(=O)ON1C(=O)CCC1=O. The monoisotopic (exact) mass is 484 g/mol. The molecule has 9 nitrogen and oxygen atoms in total. The first kappa shape index (κ1) is 29.9. The second-order valence-electron chi connectivity index (χ2n) is 8.78. The Hall–Kier alpha value is -2.16. The number of nitrogens with one attached hydrogen (secondary N) is 1. The predicted octanol–water partition coefficient (Wildman–Crippen LogP) is 4.67. The van der Waals surface area contributed by atoms with E-state index in [2.05, 4.69) is 24.0 Å². The first-order valence-corrected chi connectivity index (χ1v) is 13.1. The van der Waals surface area contributed by atoms with Crippen LogP contribution in [-0.2, 0) is 28.7 Å². The lowest BCUT2D eigenvalue weighted by molar-refractivity contribution is -0.177. The van der Waals surface area contributed by atoms with Crippen LogP contribution in [0.15, 0.2) is 0 Å². The third-order valence-corrected chi connectivity index (χ3v) is 5.85. The van der Waals surface area contributed by atoms with Crippen LogP contribution in [0.4, 0.5) is 4.79 Å². The van der Waals surface area contributed by atoms with Gasteiger partial charge in [0.1, 0.15) is 6.61 Å². The van der Waals surface area contributed by atoms with E-state index in [0.29, 0.717) is 18.2 Å². The summed E-state index contributed by atoms with van der Waals surface area (Å²) in [5, 5.41) is 3.40. The molecule has 1 aliphatic heterocycles. The maximum absolute atomic E-state index is 12.7. The average molecular weight is 485 g/mol. The van der Waals surface area contributed by atoms with E-state index in [9.17, 15) is 19.2 Å². The van der Waals surface area contributed by atoms with Crippen molar-refractivity contribution < 1.29 is 33.5 Å². The number of rotatable bonds is 20. The Morgan fingerprint density at radius 1 is 0.824 bits per heavy atom. The molecular weight excluding hydrogens is 440 g/mol. The van der Waals surface area contributed by atoms with Crippen molar-refractivity contribution in [3.8, 4) is 0 Å². The van der Waals surface area contributed by atoms with Gasteiger partial charge in [0, 0.05) is 25.3 Å². The molecule has 1 saturated heterocycles. The molecule has 0 spiro atoms. The molecule has 3 amide bonds. The normalized spacial score (nSPS) is 14.4. The summed E-state index contributed by atoms with van der Waals surface area (Å²) in [6, 6.07) is 0. The van der Waals surface area contributed by atoms with Crippen LogP contribution in [0.5, 0.6) is 0 Å². The number of imide groups is 1. The molecule has 1 atom stereocenters. The van der Waals surface area contributed by atoms with Crippen molar-refractivity contribution >= 4 is 23.9 Å². The molecule has 0 aromatic carbocycles. The van der Waals surface area contributed by atoms with Gasteiger partial charge in [-0.25, -0.2) is 4.79 Å². The van der Waals surface area contributed by atoms with Gasteiger partial charge in [-0.1, -0.05) is 83.1 Å². The summed E-state index contributed by atoms with van der Waals surface area (Å²) >= 11 is 0. The molecule has 1 N–H and O–H groups in total. The van der Waals surface area contributed by atoms with Crippen molar-refractivity contribution in [1.82, 2.24) is 10.4 Å². The Kier molecular flexibility index (Phi) is 16.8. The zero-order valence-corrected chi connectivity index (χ0v) is 21.1. The topological polar surface area (TPSA) is 111 Å². The third kappa shape index (κ3) is 13.5. The highest BCUT2D eigenvalue weighted by molar-refractivity contribution is 6.01. The van der Waals surface area contributed by atoms with E-state index in [-0.39, 0.29) is 37.9 Å². The van der Waals surface area contributed by atoms with Gasteiger partial charge in [-0.15, -0.1) is 0 Å². The fraction of sp³-hybridized carbons (Fsp3) is 0.840. The molecule has 0 aliphatic carbocycles. The lowest BCUT2D eigenvalue weighted by Gasteiger charge is -2.17. The highest BCUT2D eigenvalue weighted by Gasteiger charge is 2.33. The van der Waals surface area contributed by atoms with Gasteiger partial charge in [-0.05, 0) is 12.8 Å². The third-order valence-electron chi connectivity index (χ3n) is 5.85. The minimum Gasteiger partial charge on any atom is -0.430 e. The number of hydroxylamine groups is 2. The maximum Gasteiger partial charge on any atom is 0.534 e. The van der Waals surface area contributed by atoms with Crippen molar-refractivity contribution in [2.75, 3.05) is 26.4 Å². The number of carbonyl (C=O) groups excluding carboxylic acids is 4. The predicted molar refractivity (Wildman–Crippen MR) is 128 cm³/mol. The zero-order chi connectivity index (χ0) is 25.0. The van der Waals surface area contributed by atoms with E-state index in [1.807, 2.05) is 0 Å². The van der Waals surface area contributed by atoms with Gasteiger partial charge < -0.3 is 14.8 Å². The number of hydrogen-bond acceptors (Lipinski definition) is 7. The van der Waals surface area contributed by atoms with E-state index in [0.717, 1.165) is 25.7 Å². The second kappa shape index (κ2) is 19.2. The van der Waals surface area contributed by atoms with E-state index >= 15 is 0 Å². The molecular formula is C25H44N2O7. The summed E-state index contributed by atoms with van der Waals surface area (Å²) in [5.74, 6) is -0.978. The fourth-order valence-electron chi connectivity index (χ4n) is 3.83. The van der Waals surface area contributed by atoms with Crippen molar-refractivity contribution in [2.45, 2.75) is 104 Å². The first-order valence-electron chi connectivity index (χ1n) is 13.1. The van der Waals surface area contributed by atoms with Gasteiger partial charge in [-0.3, -0.25) is 19.2 Å². The van der Waals surface area contributed by atoms with Crippen LogP contribution in [-0.4, -0.2) is 55.3 Å². The molecule has 1 heterocycles. The molecule has 0 saturated carbocycles. The van der Waals surface area contributed by atoms with Crippen LogP contribution in [0.2, 0.25) is 0 Å². The molecule has 1 fully saturated rings. The Balaban J connectivity index is 2.16. The van der Waals surface area contributed by atoms with Gasteiger partial charge in [0.15, 0.2) is 0 Å². The summed E-state index contributed by atoms with van der Waals surface area (Å²) in [4.78, 5) is 51.5. The van der Waals surface area contributed by atoms with Crippen LogP contribution in [0, 0.1) is 5.92 Å². The van der Waals surface area contributed by atoms with Crippen molar-refractivity contribution in [1.29, 1.82) is 0 Å². The fourth-order valence-corrected chi connectivity index (χ4v) is 3.83. The van der Waals surface area contributed by atoms with Crippen molar-refractivity contribution in [3.63, 3.8) is 0 Å². The minimum absolute atomic E-state index is 0.0273. The molecule has 1 aliphatic rings. The van der Waals surface area contributed by atoms with Crippen molar-refractivity contribution in [3.05, 3.63) is 0 Å². The lowest BCUT2D eigenvalue weighted by Crippen LogP contribution is -2.34. The number of carbonyl (C=O) groups is 4. The quantitative estimate of drug-likeness (QED) is 0.152. The van der Waals surface area contributed by atoms with Crippen molar-refractivity contribution in [2.24, 2.45) is 5.92 Å². The van der Waals surface area contributed by atoms with Crippen LogP contribution in [0.3, 0.4) is 0 Å². The average Bonchev–Trinajstić information content (AvgIpc) is 3.13. The summed E-state index contributed by atoms with van der Waals surface area (Å²) < 4.78 is 10.2. The Morgan fingerprint density at radius 2 is 1.38 bits per heavy atom. The molecule has 196 valence electrons. The molecule has 1 rings (SSSR count). The molecule has 9 heteroatoms. The number of hydrogen-bond donors (Lipinski definition) is 1. The summed E-state index contributed by atoms with van der Waals surface area (Å²) in [5.41, 5.74) is 0. The number of unbranched alkanes of at least 4 members (excludes halogenated alkanes) is 8. The number of ether oxygens (including phenoxy) is 2. The molecule has 0 radical (unpaired) electrons. The van der Waals surface area contributed by atoms with E-state index in [1.54, 1.807) is 0 Å². The van der Waals surface area contributed by atoms with E-state index in [4.69, 9.17) is 9.47 Å². The molecule has 0 aromatic heterocycles. The summed E-state index contributed by atoms with van der Waals surface area (Å²) in [7, 11) is 0. The van der Waals surface area contributed by atoms with Crippen LogP contribution in [0.25, 0.3) is 0 Å². The highest BCUT2D eigenvalue weighted by Crippen LogP contribution is 2.19. The standard InChI is InChI=1S/C25H44N2O7/c1-3-5-7-9-10-12-14-21(13-11-8-6-4-2)24(30)26-17-18-32-19-20-33-25(31)34-27-22(28)15-16-23(27)29/h21H,3-20H2,1-2H3,(H,26,30). The summed E-state index contributed by atoms with van der Waals surface area (Å²) in [6.07, 6.45) is 12.8. The molecule has 0 bridgehead atoms. The number of nitrogens with zero attached hydrogens (tertiary/aromatic N) is 1. The van der Waals surface area contributed by atoms with Crippen LogP contribution >= 0.6 is 0 Å². The largest absolute Gasteiger partial charge is 0.534 e. The second-order valence-corrected chi connectivity index (χ2v) is 8.78. The van der Waals surface area contributed by atoms with Gasteiger partial charge >= 0.3 is 6.16 Å². The highest BCUT2D eigenvalue weighted by atomic mass is 16.8. The lowest BCUT2D eigenvalue weighted by atomic mass is 9.93. The molecule has 34 heavy (non-hydrogen) atoms. The Labute approximate surface area is 204 Å². The van der Waals surface area contributed by atoms with Crippen LogP contribution < -0.4 is 5.32 Å². The maximum atomic E-state index is 12.7. The Bertz CT molecular complexity index is 596. The van der Waals surface area contributed by atoms with Gasteiger partial charge in [-0.2, -0.15) is 0 Å². The number of amides is 3. The van der Waals surface area contributed by atoms with Gasteiger partial charge in [0.2, 0.25) is 5.91 Å². The Morgan fingerprint density at radius 3 is 2.00 bits per heavy atom. The molecule has 0 aromatic rings. The van der Waals surface area contributed by atoms with Gasteiger partial charge in [0.05, 0.1) is 13.2 Å². The smallest absolute Gasteiger partial charge is 0.430 e. The zero-order valence-electron chi connectivity index (χ0n) is 21.1. The summed E-state index contributed by atoms with van der Waals surface area (Å²) in [6.45, 7) is 5.12.